The molecular weight excluding hydrogens is 306 g/mol. The molecule has 0 heterocycles. The van der Waals surface area contributed by atoms with Crippen LogP contribution in [-0.2, 0) is 20.8 Å². The van der Waals surface area contributed by atoms with Gasteiger partial charge in [-0.1, -0.05) is 42.5 Å². The topological polar surface area (TPSA) is 63.2 Å². The summed E-state index contributed by atoms with van der Waals surface area (Å²) in [7, 11) is -4.92. The van der Waals surface area contributed by atoms with Gasteiger partial charge in [0, 0.05) is 6.26 Å². The first-order valence-corrected chi connectivity index (χ1v) is 9.27. The van der Waals surface area contributed by atoms with E-state index in [0.717, 1.165) is 11.0 Å². The van der Waals surface area contributed by atoms with Crippen molar-refractivity contribution in [1.82, 2.24) is 0 Å². The van der Waals surface area contributed by atoms with Crippen molar-refractivity contribution in [3.63, 3.8) is 0 Å². The highest BCUT2D eigenvalue weighted by Gasteiger charge is 2.11. The van der Waals surface area contributed by atoms with Gasteiger partial charge in [0.15, 0.2) is 0 Å². The second kappa shape index (κ2) is 6.69. The fraction of sp³-hybridized carbons (Fsp3) is 0.0667. The van der Waals surface area contributed by atoms with Crippen molar-refractivity contribution in [1.29, 1.82) is 0 Å². The van der Waals surface area contributed by atoms with E-state index in [1.54, 1.807) is 36.4 Å². The lowest BCUT2D eigenvalue weighted by Gasteiger charge is -2.08. The maximum absolute atomic E-state index is 12.1. The van der Waals surface area contributed by atoms with Crippen molar-refractivity contribution < 1.29 is 12.6 Å². The zero-order valence-corrected chi connectivity index (χ0v) is 13.0. The quantitative estimate of drug-likeness (QED) is 0.921. The molecule has 0 saturated heterocycles. The van der Waals surface area contributed by atoms with Crippen LogP contribution in [0.1, 0.15) is 5.56 Å². The van der Waals surface area contributed by atoms with E-state index in [2.05, 4.69) is 4.72 Å². The van der Waals surface area contributed by atoms with E-state index in [0.29, 0.717) is 10.6 Å². The Kier molecular flexibility index (Phi) is 4.93. The van der Waals surface area contributed by atoms with Crippen LogP contribution in [0.25, 0.3) is 6.08 Å². The Morgan fingerprint density at radius 3 is 2.29 bits per heavy atom. The number of sulfonamides is 1. The maximum atomic E-state index is 12.1. The van der Waals surface area contributed by atoms with Crippen molar-refractivity contribution in [2.75, 3.05) is 11.0 Å². The van der Waals surface area contributed by atoms with Crippen molar-refractivity contribution in [3.05, 3.63) is 65.6 Å². The van der Waals surface area contributed by atoms with Gasteiger partial charge in [0.25, 0.3) is 10.0 Å². The molecule has 0 aliphatic rings. The van der Waals surface area contributed by atoms with E-state index in [1.165, 1.54) is 12.3 Å². The number of benzene rings is 2. The van der Waals surface area contributed by atoms with Gasteiger partial charge in [-0.15, -0.1) is 0 Å². The van der Waals surface area contributed by atoms with Crippen LogP contribution < -0.4 is 4.72 Å². The summed E-state index contributed by atoms with van der Waals surface area (Å²) in [5.41, 5.74) is 1.12. The van der Waals surface area contributed by atoms with E-state index in [9.17, 15) is 12.6 Å². The Balaban J connectivity index is 2.23. The highest BCUT2D eigenvalue weighted by Crippen LogP contribution is 2.20. The lowest BCUT2D eigenvalue weighted by molar-refractivity contribution is 0.609. The van der Waals surface area contributed by atoms with Crippen LogP contribution in [0.4, 0.5) is 5.69 Å². The number of para-hydroxylation sites is 1. The Hall–Kier alpha value is -1.92. The van der Waals surface area contributed by atoms with E-state index in [-0.39, 0.29) is 0 Å². The van der Waals surface area contributed by atoms with Crippen LogP contribution in [0, 0.1) is 0 Å². The van der Waals surface area contributed by atoms with Crippen LogP contribution in [0.5, 0.6) is 0 Å². The molecule has 0 aliphatic heterocycles. The zero-order chi connectivity index (χ0) is 15.3. The fourth-order valence-corrected chi connectivity index (χ4v) is 3.37. The van der Waals surface area contributed by atoms with Crippen molar-refractivity contribution >= 4 is 32.6 Å². The summed E-state index contributed by atoms with van der Waals surface area (Å²) in [5.74, 6) is 0. The van der Waals surface area contributed by atoms with Crippen LogP contribution in [0.3, 0.4) is 0 Å². The molecule has 6 heteroatoms. The Bertz CT molecular complexity index is 769. The molecule has 2 aromatic carbocycles. The van der Waals surface area contributed by atoms with Gasteiger partial charge in [0.1, 0.15) is 0 Å². The molecule has 0 spiro atoms. The van der Waals surface area contributed by atoms with E-state index >= 15 is 0 Å². The van der Waals surface area contributed by atoms with Gasteiger partial charge in [0.2, 0.25) is 0 Å². The first kappa shape index (κ1) is 15.5. The van der Waals surface area contributed by atoms with Crippen LogP contribution >= 0.6 is 0 Å². The average Bonchev–Trinajstić information content (AvgIpc) is 2.46. The Morgan fingerprint density at radius 1 is 1.00 bits per heavy atom. The third kappa shape index (κ3) is 4.54. The van der Waals surface area contributed by atoms with Crippen LogP contribution in [0.2, 0.25) is 0 Å². The normalized spacial score (nSPS) is 13.2. The van der Waals surface area contributed by atoms with Crippen molar-refractivity contribution in [2.24, 2.45) is 0 Å². The second-order valence-corrected chi connectivity index (χ2v) is 7.23. The maximum Gasteiger partial charge on any atom is 0.255 e. The van der Waals surface area contributed by atoms with Gasteiger partial charge >= 0.3 is 0 Å². The molecule has 0 aliphatic carbocycles. The largest absolute Gasteiger partial charge is 0.279 e. The molecule has 0 radical (unpaired) electrons. The minimum Gasteiger partial charge on any atom is -0.279 e. The monoisotopic (exact) mass is 321 g/mol. The van der Waals surface area contributed by atoms with Crippen LogP contribution in [-0.4, -0.2) is 18.9 Å². The van der Waals surface area contributed by atoms with E-state index in [1.807, 2.05) is 18.2 Å². The molecule has 0 amide bonds. The first-order valence-electron chi connectivity index (χ1n) is 6.16. The number of anilines is 1. The summed E-state index contributed by atoms with van der Waals surface area (Å²) in [4.78, 5) is 0.453. The molecule has 1 N–H and O–H groups in total. The molecule has 0 saturated carbocycles. The third-order valence-corrected chi connectivity index (χ3v) is 4.66. The molecule has 1 atom stereocenters. The summed E-state index contributed by atoms with van der Waals surface area (Å²) in [6.07, 6.45) is 3.01. The molecule has 1 unspecified atom stereocenters. The highest BCUT2D eigenvalue weighted by atomic mass is 32.2. The van der Waals surface area contributed by atoms with Gasteiger partial charge in [0.05, 0.1) is 26.8 Å². The second-order valence-electron chi connectivity index (χ2n) is 4.31. The van der Waals surface area contributed by atoms with Gasteiger partial charge in [-0.05, 0) is 23.8 Å². The standard InChI is InChI=1S/C15H15NO3S2/c1-20(17)15-10-6-5-9-14(15)16-21(18,19)12-11-13-7-3-2-4-8-13/h2-12,16H,1H3/b12-11+. The minimum atomic E-state index is -3.65. The molecular formula is C15H15NO3S2. The number of rotatable bonds is 5. The SMILES string of the molecule is CS(=O)c1ccccc1NS(=O)(=O)/C=C/c1ccccc1. The predicted octanol–water partition coefficient (Wildman–Crippen LogP) is 2.84. The molecule has 2 aromatic rings. The lowest BCUT2D eigenvalue weighted by atomic mass is 10.2. The van der Waals surface area contributed by atoms with Gasteiger partial charge in [-0.25, -0.2) is 8.42 Å². The van der Waals surface area contributed by atoms with E-state index < -0.39 is 20.8 Å². The summed E-state index contributed by atoms with van der Waals surface area (Å²) >= 11 is 0. The lowest BCUT2D eigenvalue weighted by Crippen LogP contribution is -2.10. The van der Waals surface area contributed by atoms with Crippen molar-refractivity contribution in [3.8, 4) is 0 Å². The summed E-state index contributed by atoms with van der Waals surface area (Å²) in [6, 6.07) is 15.8. The Morgan fingerprint density at radius 2 is 1.62 bits per heavy atom. The fourth-order valence-electron chi connectivity index (χ4n) is 1.72. The summed E-state index contributed by atoms with van der Waals surface area (Å²) in [5, 5.41) is 1.09. The van der Waals surface area contributed by atoms with Gasteiger partial charge in [-0.2, -0.15) is 0 Å². The van der Waals surface area contributed by atoms with Gasteiger partial charge < -0.3 is 0 Å². The number of hydrogen-bond acceptors (Lipinski definition) is 3. The van der Waals surface area contributed by atoms with Crippen molar-refractivity contribution in [2.45, 2.75) is 4.90 Å². The molecule has 110 valence electrons. The first-order chi connectivity index (χ1) is 9.98. The molecule has 2 rings (SSSR count). The molecule has 0 aromatic heterocycles. The van der Waals surface area contributed by atoms with Crippen LogP contribution in [0.15, 0.2) is 64.9 Å². The molecule has 0 fully saturated rings. The zero-order valence-electron chi connectivity index (χ0n) is 11.4. The summed E-state index contributed by atoms with van der Waals surface area (Å²) in [6.45, 7) is 0. The average molecular weight is 321 g/mol. The van der Waals surface area contributed by atoms with E-state index in [4.69, 9.17) is 0 Å². The smallest absolute Gasteiger partial charge is 0.255 e. The van der Waals surface area contributed by atoms with Gasteiger partial charge in [-0.3, -0.25) is 8.93 Å². The highest BCUT2D eigenvalue weighted by molar-refractivity contribution is 7.95. The molecule has 0 bridgehead atoms. The number of nitrogens with one attached hydrogen (secondary N) is 1. The third-order valence-electron chi connectivity index (χ3n) is 2.69. The molecule has 21 heavy (non-hydrogen) atoms. The Labute approximate surface area is 127 Å². The molecule has 4 nitrogen and oxygen atoms in total. The summed E-state index contributed by atoms with van der Waals surface area (Å²) < 4.78 is 38.1. The predicted molar refractivity (Wildman–Crippen MR) is 86.8 cm³/mol. The minimum absolute atomic E-state index is 0.330. The number of hydrogen-bond donors (Lipinski definition) is 1.